The van der Waals surface area contributed by atoms with E-state index in [1.54, 1.807) is 13.6 Å². The van der Waals surface area contributed by atoms with Crippen LogP contribution in [-0.2, 0) is 14.3 Å². The van der Waals surface area contributed by atoms with E-state index in [1.807, 2.05) is 0 Å². The molecule has 0 aromatic rings. The summed E-state index contributed by atoms with van der Waals surface area (Å²) < 4.78 is 4.66. The van der Waals surface area contributed by atoms with Gasteiger partial charge in [-0.2, -0.15) is 0 Å². The number of rotatable bonds is 5. The first-order chi connectivity index (χ1) is 6.90. The maximum Gasteiger partial charge on any atom is 0.417 e. The van der Waals surface area contributed by atoms with Gasteiger partial charge >= 0.3 is 11.6 Å². The fraction of sp³-hybridized carbons (Fsp3) is 0.556. The largest absolute Gasteiger partial charge is 0.464 e. The molecule has 2 atom stereocenters. The fourth-order valence-corrected chi connectivity index (χ4v) is 1.14. The van der Waals surface area contributed by atoms with Gasteiger partial charge in [0.1, 0.15) is 6.66 Å². The van der Waals surface area contributed by atoms with Gasteiger partial charge in [0.15, 0.2) is 19.4 Å². The Morgan fingerprint density at radius 3 is 2.33 bits per heavy atom. The molecule has 0 fully saturated rings. The zero-order valence-electron chi connectivity index (χ0n) is 9.07. The number of hydrogen-bond donors (Lipinski definition) is 1. The van der Waals surface area contributed by atoms with Crippen LogP contribution in [0, 0.1) is 0 Å². The molecular weight excluding hydrogens is 217 g/mol. The molecule has 0 saturated heterocycles. The van der Waals surface area contributed by atoms with Crippen LogP contribution in [0.2, 0.25) is 0 Å². The minimum atomic E-state index is -1.20. The Morgan fingerprint density at radius 2 is 2.00 bits per heavy atom. The number of esters is 1. The molecule has 0 aromatic carbocycles. The van der Waals surface area contributed by atoms with Crippen LogP contribution in [0.1, 0.15) is 13.8 Å². The van der Waals surface area contributed by atoms with Crippen LogP contribution in [0.4, 0.5) is 4.79 Å². The number of ketones is 1. The van der Waals surface area contributed by atoms with Crippen molar-refractivity contribution in [3.8, 4) is 0 Å². The molecular formula is C9H15NO4P+. The summed E-state index contributed by atoms with van der Waals surface area (Å²) in [5.74, 6) is -1.17. The molecule has 15 heavy (non-hydrogen) atoms. The molecule has 0 heterocycles. The Balaban J connectivity index is 4.55. The summed E-state index contributed by atoms with van der Waals surface area (Å²) in [5.41, 5.74) is -0.391. The Morgan fingerprint density at radius 1 is 1.47 bits per heavy atom. The smallest absolute Gasteiger partial charge is 0.417 e. The molecule has 0 radical (unpaired) electrons. The van der Waals surface area contributed by atoms with Gasteiger partial charge in [-0.3, -0.25) is 10.1 Å². The van der Waals surface area contributed by atoms with E-state index in [2.05, 4.69) is 16.4 Å². The zero-order valence-corrected chi connectivity index (χ0v) is 9.97. The van der Waals surface area contributed by atoms with E-state index in [-0.39, 0.29) is 6.61 Å². The van der Waals surface area contributed by atoms with Gasteiger partial charge < -0.3 is 4.74 Å². The number of hydrogen-bond acceptors (Lipinski definition) is 4. The summed E-state index contributed by atoms with van der Waals surface area (Å²) in [4.78, 5) is 33.6. The third kappa shape index (κ3) is 4.70. The number of carbonyl (C=O) groups is 3. The van der Waals surface area contributed by atoms with Crippen LogP contribution in [0.5, 0.6) is 0 Å². The normalized spacial score (nSPS) is 12.6. The van der Waals surface area contributed by atoms with Gasteiger partial charge in [-0.05, 0) is 13.8 Å². The Kier molecular flexibility index (Phi) is 5.79. The second kappa shape index (κ2) is 6.30. The van der Waals surface area contributed by atoms with Gasteiger partial charge in [0.05, 0.1) is 12.9 Å². The lowest BCUT2D eigenvalue weighted by Gasteiger charge is -2.11. The summed E-state index contributed by atoms with van der Waals surface area (Å²) in [7, 11) is -1.11. The van der Waals surface area contributed by atoms with Gasteiger partial charge in [-0.1, -0.05) is 0 Å². The molecule has 1 N–H and O–H groups in total. The highest BCUT2D eigenvalue weighted by molar-refractivity contribution is 7.72. The predicted molar refractivity (Wildman–Crippen MR) is 59.6 cm³/mol. The van der Waals surface area contributed by atoms with Crippen LogP contribution >= 0.6 is 7.55 Å². The average Bonchev–Trinajstić information content (AvgIpc) is 2.13. The lowest BCUT2D eigenvalue weighted by atomic mass is 10.2. The molecule has 0 aromatic heterocycles. The maximum atomic E-state index is 11.3. The third-order valence-electron chi connectivity index (χ3n) is 1.54. The highest BCUT2D eigenvalue weighted by Gasteiger charge is 2.29. The van der Waals surface area contributed by atoms with E-state index < -0.39 is 31.0 Å². The molecule has 0 aliphatic rings. The van der Waals surface area contributed by atoms with Crippen molar-refractivity contribution < 1.29 is 19.1 Å². The summed E-state index contributed by atoms with van der Waals surface area (Å²) in [6.07, 6.45) is 3.55. The molecule has 0 aliphatic carbocycles. The van der Waals surface area contributed by atoms with Crippen molar-refractivity contribution in [3.05, 3.63) is 0 Å². The van der Waals surface area contributed by atoms with Crippen molar-refractivity contribution >= 4 is 31.2 Å². The van der Waals surface area contributed by atoms with Crippen LogP contribution < -0.4 is 5.32 Å². The minimum Gasteiger partial charge on any atom is -0.464 e. The van der Waals surface area contributed by atoms with E-state index in [0.29, 0.717) is 0 Å². The summed E-state index contributed by atoms with van der Waals surface area (Å²) in [6, 6.07) is -1.20. The number of carbonyl (C=O) groups excluding carboxylic acids is 3. The Labute approximate surface area is 89.6 Å². The van der Waals surface area contributed by atoms with Crippen LogP contribution in [0.3, 0.4) is 0 Å². The molecule has 0 aliphatic heterocycles. The Hall–Kier alpha value is -1.22. The van der Waals surface area contributed by atoms with Crippen LogP contribution in [0.25, 0.3) is 0 Å². The van der Waals surface area contributed by atoms with E-state index in [0.717, 1.165) is 0 Å². The van der Waals surface area contributed by atoms with Crippen molar-refractivity contribution in [1.82, 2.24) is 5.32 Å². The summed E-state index contributed by atoms with van der Waals surface area (Å²) in [5, 5.41) is 2.30. The molecule has 0 spiro atoms. The quantitative estimate of drug-likeness (QED) is 0.431. The maximum absolute atomic E-state index is 11.3. The number of nitrogens with one attached hydrogen (secondary N) is 1. The second-order valence-corrected chi connectivity index (χ2v) is 4.75. The van der Waals surface area contributed by atoms with E-state index in [9.17, 15) is 14.4 Å². The van der Waals surface area contributed by atoms with Gasteiger partial charge in [0.2, 0.25) is 0 Å². The van der Waals surface area contributed by atoms with E-state index in [4.69, 9.17) is 0 Å². The summed E-state index contributed by atoms with van der Waals surface area (Å²) in [6.45, 7) is 4.66. The molecule has 6 heteroatoms. The van der Waals surface area contributed by atoms with Crippen LogP contribution in [-0.4, -0.2) is 43.0 Å². The van der Waals surface area contributed by atoms with Gasteiger partial charge in [0.25, 0.3) is 0 Å². The number of amides is 1. The number of ether oxygens (including phenoxy) is 1. The SMILES string of the molecule is C=[P+](C)C(=O)NC(C(C)=O)C(=O)OCC. The highest BCUT2D eigenvalue weighted by Crippen LogP contribution is 2.13. The first kappa shape index (κ1) is 13.8. The molecule has 0 rings (SSSR count). The molecule has 0 bridgehead atoms. The second-order valence-electron chi connectivity index (χ2n) is 2.94. The van der Waals surface area contributed by atoms with E-state index >= 15 is 0 Å². The monoisotopic (exact) mass is 232 g/mol. The summed E-state index contributed by atoms with van der Waals surface area (Å²) >= 11 is 0. The average molecular weight is 232 g/mol. The minimum absolute atomic E-state index is 0.170. The lowest BCUT2D eigenvalue weighted by molar-refractivity contribution is -0.147. The van der Waals surface area contributed by atoms with Gasteiger partial charge in [0, 0.05) is 0 Å². The molecule has 84 valence electrons. The molecule has 0 saturated carbocycles. The zero-order chi connectivity index (χ0) is 12.0. The van der Waals surface area contributed by atoms with Gasteiger partial charge in [-0.25, -0.2) is 9.59 Å². The third-order valence-corrected chi connectivity index (χ3v) is 2.37. The topological polar surface area (TPSA) is 72.5 Å². The van der Waals surface area contributed by atoms with Crippen molar-refractivity contribution in [2.45, 2.75) is 19.9 Å². The van der Waals surface area contributed by atoms with Crippen LogP contribution in [0.15, 0.2) is 0 Å². The molecule has 1 amide bonds. The van der Waals surface area contributed by atoms with Crippen molar-refractivity contribution in [2.75, 3.05) is 13.3 Å². The van der Waals surface area contributed by atoms with E-state index in [1.165, 1.54) is 6.92 Å². The van der Waals surface area contributed by atoms with Crippen molar-refractivity contribution in [1.29, 1.82) is 0 Å². The molecule has 5 nitrogen and oxygen atoms in total. The van der Waals surface area contributed by atoms with Crippen molar-refractivity contribution in [2.24, 2.45) is 0 Å². The molecule has 2 unspecified atom stereocenters. The first-order valence-electron chi connectivity index (χ1n) is 4.42. The first-order valence-corrected chi connectivity index (χ1v) is 6.39. The number of Topliss-reactive ketones (excluding diaryl/α,β-unsaturated/α-hetero) is 1. The Bertz CT molecular complexity index is 300. The van der Waals surface area contributed by atoms with Crippen molar-refractivity contribution in [3.63, 3.8) is 0 Å². The fourth-order valence-electron chi connectivity index (χ4n) is 0.786. The standard InChI is InChI=1S/C9H14NO4P/c1-5-14-8(12)7(6(2)11)10-9(13)15(3)4/h7H,3,5H2,1-2,4H3/p+1. The predicted octanol–water partition coefficient (Wildman–Crippen LogP) is 0.760. The lowest BCUT2D eigenvalue weighted by Crippen LogP contribution is -2.45. The highest BCUT2D eigenvalue weighted by atomic mass is 31.1. The van der Waals surface area contributed by atoms with Gasteiger partial charge in [-0.15, -0.1) is 0 Å².